The average Bonchev–Trinajstić information content (AvgIpc) is 2.17. The Morgan fingerprint density at radius 3 is 2.00 bits per heavy atom. The first-order valence-electron chi connectivity index (χ1n) is 5.37. The van der Waals surface area contributed by atoms with Crippen LogP contribution in [0.2, 0.25) is 0 Å². The minimum Gasteiger partial charge on any atom is -0.301 e. The zero-order valence-corrected chi connectivity index (χ0v) is 9.39. The van der Waals surface area contributed by atoms with Gasteiger partial charge in [0, 0.05) is 38.6 Å². The van der Waals surface area contributed by atoms with Gasteiger partial charge in [-0.3, -0.25) is 4.90 Å². The van der Waals surface area contributed by atoms with E-state index in [1.165, 1.54) is 45.6 Å². The van der Waals surface area contributed by atoms with Crippen molar-refractivity contribution in [1.29, 1.82) is 0 Å². The van der Waals surface area contributed by atoms with Gasteiger partial charge in [-0.2, -0.15) is 0 Å². The molecule has 0 bridgehead atoms. The van der Waals surface area contributed by atoms with E-state index >= 15 is 0 Å². The van der Waals surface area contributed by atoms with Crippen molar-refractivity contribution < 1.29 is 0 Å². The molecule has 0 aromatic rings. The topological polar surface area (TPSA) is 6.48 Å². The molecule has 3 heteroatoms. The van der Waals surface area contributed by atoms with Crippen LogP contribution in [0.1, 0.15) is 19.8 Å². The van der Waals surface area contributed by atoms with Crippen molar-refractivity contribution in [3.05, 3.63) is 0 Å². The normalized spacial score (nSPS) is 20.8. The second kappa shape index (κ2) is 6.63. The molecular formula is C10H21ClN2. The van der Waals surface area contributed by atoms with Crippen LogP contribution in [-0.4, -0.2) is 54.9 Å². The molecule has 78 valence electrons. The van der Waals surface area contributed by atoms with Crippen molar-refractivity contribution in [2.75, 3.05) is 45.1 Å². The summed E-state index contributed by atoms with van der Waals surface area (Å²) in [5.74, 6) is 0.773. The molecule has 0 amide bonds. The first-order chi connectivity index (χ1) is 6.36. The minimum atomic E-state index is 0.773. The fourth-order valence-electron chi connectivity index (χ4n) is 1.74. The predicted octanol–water partition coefficient (Wildman–Crippen LogP) is 1.64. The molecule has 2 nitrogen and oxygen atoms in total. The van der Waals surface area contributed by atoms with E-state index in [2.05, 4.69) is 16.7 Å². The molecule has 0 aliphatic carbocycles. The quantitative estimate of drug-likeness (QED) is 0.629. The second-order valence-corrected chi connectivity index (χ2v) is 4.10. The Balaban J connectivity index is 2.08. The van der Waals surface area contributed by atoms with Gasteiger partial charge in [-0.25, -0.2) is 0 Å². The van der Waals surface area contributed by atoms with Gasteiger partial charge in [-0.15, -0.1) is 11.6 Å². The highest BCUT2D eigenvalue weighted by Gasteiger charge is 2.14. The van der Waals surface area contributed by atoms with E-state index in [-0.39, 0.29) is 0 Å². The van der Waals surface area contributed by atoms with Gasteiger partial charge >= 0.3 is 0 Å². The van der Waals surface area contributed by atoms with E-state index in [1.54, 1.807) is 0 Å². The summed E-state index contributed by atoms with van der Waals surface area (Å²) in [5, 5.41) is 0. The van der Waals surface area contributed by atoms with Gasteiger partial charge in [0.25, 0.3) is 0 Å². The van der Waals surface area contributed by atoms with Crippen LogP contribution in [0.4, 0.5) is 0 Å². The molecule has 0 saturated carbocycles. The molecule has 0 unspecified atom stereocenters. The summed E-state index contributed by atoms with van der Waals surface area (Å²) in [4.78, 5) is 5.02. The van der Waals surface area contributed by atoms with Crippen molar-refractivity contribution in [3.8, 4) is 0 Å². The molecule has 1 fully saturated rings. The second-order valence-electron chi connectivity index (χ2n) is 3.73. The summed E-state index contributed by atoms with van der Waals surface area (Å²) >= 11 is 5.70. The van der Waals surface area contributed by atoms with Gasteiger partial charge in [0.2, 0.25) is 0 Å². The molecular weight excluding hydrogens is 184 g/mol. The molecule has 0 aromatic carbocycles. The van der Waals surface area contributed by atoms with Crippen LogP contribution < -0.4 is 0 Å². The number of piperazine rings is 1. The van der Waals surface area contributed by atoms with Crippen molar-refractivity contribution >= 4 is 11.6 Å². The third-order valence-electron chi connectivity index (χ3n) is 2.69. The summed E-state index contributed by atoms with van der Waals surface area (Å²) in [6.07, 6.45) is 2.65. The maximum absolute atomic E-state index is 5.70. The first kappa shape index (κ1) is 11.3. The van der Waals surface area contributed by atoms with E-state index in [1.807, 2.05) is 0 Å². The Labute approximate surface area is 86.8 Å². The van der Waals surface area contributed by atoms with E-state index in [0.29, 0.717) is 0 Å². The Morgan fingerprint density at radius 2 is 1.54 bits per heavy atom. The van der Waals surface area contributed by atoms with E-state index < -0.39 is 0 Å². The number of alkyl halides is 1. The van der Waals surface area contributed by atoms with Crippen molar-refractivity contribution in [2.45, 2.75) is 19.8 Å². The minimum absolute atomic E-state index is 0.773. The van der Waals surface area contributed by atoms with Crippen LogP contribution in [0.3, 0.4) is 0 Å². The molecule has 1 saturated heterocycles. The molecule has 0 atom stereocenters. The molecule has 0 aromatic heterocycles. The van der Waals surface area contributed by atoms with Crippen LogP contribution in [0, 0.1) is 0 Å². The lowest BCUT2D eigenvalue weighted by Gasteiger charge is -2.34. The first-order valence-corrected chi connectivity index (χ1v) is 5.91. The van der Waals surface area contributed by atoms with Gasteiger partial charge in [-0.1, -0.05) is 13.3 Å². The third-order valence-corrected chi connectivity index (χ3v) is 2.86. The summed E-state index contributed by atoms with van der Waals surface area (Å²) in [6.45, 7) is 9.47. The number of nitrogens with zero attached hydrogens (tertiary/aromatic N) is 2. The standard InChI is InChI=1S/C10H21ClN2/c1-2-3-5-12-7-9-13(6-4-11)10-8-12/h2-10H2,1H3. The van der Waals surface area contributed by atoms with Crippen LogP contribution in [0.15, 0.2) is 0 Å². The summed E-state index contributed by atoms with van der Waals surface area (Å²) in [5.41, 5.74) is 0. The number of unbranched alkanes of at least 4 members (excludes halogenated alkanes) is 1. The molecule has 1 aliphatic rings. The zero-order valence-electron chi connectivity index (χ0n) is 8.64. The number of rotatable bonds is 5. The lowest BCUT2D eigenvalue weighted by Crippen LogP contribution is -2.47. The predicted molar refractivity (Wildman–Crippen MR) is 58.5 cm³/mol. The highest BCUT2D eigenvalue weighted by molar-refractivity contribution is 6.18. The Bertz CT molecular complexity index is 122. The molecule has 13 heavy (non-hydrogen) atoms. The average molecular weight is 205 g/mol. The maximum atomic E-state index is 5.70. The van der Waals surface area contributed by atoms with Crippen molar-refractivity contribution in [3.63, 3.8) is 0 Å². The molecule has 0 spiro atoms. The maximum Gasteiger partial charge on any atom is 0.0351 e. The van der Waals surface area contributed by atoms with Crippen LogP contribution in [-0.2, 0) is 0 Å². The Hall–Kier alpha value is 0.210. The molecule has 1 rings (SSSR count). The van der Waals surface area contributed by atoms with Gasteiger partial charge in [0.1, 0.15) is 0 Å². The SMILES string of the molecule is CCCCN1CCN(CCCl)CC1. The Kier molecular flexibility index (Phi) is 5.76. The number of hydrogen-bond donors (Lipinski definition) is 0. The third kappa shape index (κ3) is 4.30. The lowest BCUT2D eigenvalue weighted by atomic mass is 10.2. The smallest absolute Gasteiger partial charge is 0.0351 e. The van der Waals surface area contributed by atoms with E-state index in [9.17, 15) is 0 Å². The molecule has 1 heterocycles. The highest BCUT2D eigenvalue weighted by Crippen LogP contribution is 2.03. The summed E-state index contributed by atoms with van der Waals surface area (Å²) < 4.78 is 0. The molecule has 1 aliphatic heterocycles. The largest absolute Gasteiger partial charge is 0.301 e. The van der Waals surface area contributed by atoms with Gasteiger partial charge < -0.3 is 4.90 Å². The van der Waals surface area contributed by atoms with E-state index in [4.69, 9.17) is 11.6 Å². The summed E-state index contributed by atoms with van der Waals surface area (Å²) in [7, 11) is 0. The lowest BCUT2D eigenvalue weighted by molar-refractivity contribution is 0.137. The fraction of sp³-hybridized carbons (Fsp3) is 1.00. The highest BCUT2D eigenvalue weighted by atomic mass is 35.5. The van der Waals surface area contributed by atoms with Gasteiger partial charge in [-0.05, 0) is 13.0 Å². The number of hydrogen-bond acceptors (Lipinski definition) is 2. The molecule has 0 radical (unpaired) electrons. The fourth-order valence-corrected chi connectivity index (χ4v) is 1.98. The molecule has 0 N–H and O–H groups in total. The number of halogens is 1. The van der Waals surface area contributed by atoms with Crippen molar-refractivity contribution in [2.24, 2.45) is 0 Å². The van der Waals surface area contributed by atoms with Gasteiger partial charge in [0.05, 0.1) is 0 Å². The Morgan fingerprint density at radius 1 is 1.00 bits per heavy atom. The van der Waals surface area contributed by atoms with Crippen LogP contribution >= 0.6 is 11.6 Å². The van der Waals surface area contributed by atoms with Crippen molar-refractivity contribution in [1.82, 2.24) is 9.80 Å². The van der Waals surface area contributed by atoms with E-state index in [0.717, 1.165) is 12.4 Å². The summed E-state index contributed by atoms with van der Waals surface area (Å²) in [6, 6.07) is 0. The van der Waals surface area contributed by atoms with Crippen LogP contribution in [0.25, 0.3) is 0 Å². The van der Waals surface area contributed by atoms with Gasteiger partial charge in [0.15, 0.2) is 0 Å². The zero-order chi connectivity index (χ0) is 9.52. The monoisotopic (exact) mass is 204 g/mol. The van der Waals surface area contributed by atoms with Crippen LogP contribution in [0.5, 0.6) is 0 Å².